The van der Waals surface area contributed by atoms with Gasteiger partial charge in [0.1, 0.15) is 5.75 Å². The lowest BCUT2D eigenvalue weighted by molar-refractivity contribution is -0.385. The normalized spacial score (nSPS) is 11.5. The van der Waals surface area contributed by atoms with Crippen LogP contribution in [0, 0.1) is 17.0 Å². The molecule has 2 aromatic carbocycles. The summed E-state index contributed by atoms with van der Waals surface area (Å²) < 4.78 is 36.3. The monoisotopic (exact) mass is 450 g/mol. The predicted molar refractivity (Wildman–Crippen MR) is 113 cm³/mol. The highest BCUT2D eigenvalue weighted by Gasteiger charge is 2.23. The lowest BCUT2D eigenvalue weighted by atomic mass is 10.2. The Balaban J connectivity index is 2.04. The molecule has 2 aromatic rings. The second kappa shape index (κ2) is 10.00. The van der Waals surface area contributed by atoms with Crippen LogP contribution in [-0.2, 0) is 14.8 Å². The van der Waals surface area contributed by atoms with Gasteiger partial charge in [0.15, 0.2) is 5.75 Å². The van der Waals surface area contributed by atoms with E-state index in [1.807, 2.05) is 0 Å². The molecule has 2 rings (SSSR count). The van der Waals surface area contributed by atoms with Gasteiger partial charge in [-0.05, 0) is 42.8 Å². The van der Waals surface area contributed by atoms with E-state index in [-0.39, 0.29) is 16.3 Å². The molecule has 0 bridgehead atoms. The van der Waals surface area contributed by atoms with Gasteiger partial charge in [0, 0.05) is 18.7 Å². The number of nitro benzene ring substituents is 1. The standard InChI is InChI=1S/C19H22N4O7S/c1-13-9-15(6-8-17(13)29-3)31(27,28)22(2)12-19(24)21-20-11-14-5-7-18(30-4)16(10-14)23(25)26/h5-11H,12H2,1-4H3,(H,21,24). The van der Waals surface area contributed by atoms with Crippen molar-refractivity contribution in [2.24, 2.45) is 5.10 Å². The van der Waals surface area contributed by atoms with Crippen LogP contribution >= 0.6 is 0 Å². The summed E-state index contributed by atoms with van der Waals surface area (Å²) in [5.74, 6) is -0.0465. The summed E-state index contributed by atoms with van der Waals surface area (Å²) in [5.41, 5.74) is 2.93. The second-order valence-electron chi connectivity index (χ2n) is 6.37. The van der Waals surface area contributed by atoms with Crippen molar-refractivity contribution in [1.29, 1.82) is 0 Å². The van der Waals surface area contributed by atoms with Crippen molar-refractivity contribution in [3.8, 4) is 11.5 Å². The van der Waals surface area contributed by atoms with Crippen LogP contribution in [0.15, 0.2) is 46.4 Å². The molecule has 11 nitrogen and oxygen atoms in total. The van der Waals surface area contributed by atoms with Crippen molar-refractivity contribution in [2.45, 2.75) is 11.8 Å². The van der Waals surface area contributed by atoms with E-state index in [0.29, 0.717) is 16.9 Å². The van der Waals surface area contributed by atoms with E-state index >= 15 is 0 Å². The number of hydrogen-bond acceptors (Lipinski definition) is 8. The third kappa shape index (κ3) is 5.77. The maximum Gasteiger partial charge on any atom is 0.311 e. The first-order chi connectivity index (χ1) is 14.6. The molecule has 166 valence electrons. The molecule has 1 amide bonds. The van der Waals surface area contributed by atoms with Crippen LogP contribution in [-0.4, -0.2) is 57.6 Å². The Kier molecular flexibility index (Phi) is 7.67. The number of ether oxygens (including phenoxy) is 2. The Morgan fingerprint density at radius 2 is 1.84 bits per heavy atom. The van der Waals surface area contributed by atoms with E-state index in [2.05, 4.69) is 10.5 Å². The Bertz CT molecular complexity index is 1120. The van der Waals surface area contributed by atoms with Crippen molar-refractivity contribution in [3.05, 3.63) is 57.6 Å². The molecule has 0 saturated carbocycles. The van der Waals surface area contributed by atoms with Crippen LogP contribution < -0.4 is 14.9 Å². The summed E-state index contributed by atoms with van der Waals surface area (Å²) in [6.45, 7) is 1.23. The zero-order chi connectivity index (χ0) is 23.2. The van der Waals surface area contributed by atoms with Crippen LogP contribution in [0.25, 0.3) is 0 Å². The number of benzene rings is 2. The van der Waals surface area contributed by atoms with E-state index in [1.165, 1.54) is 63.9 Å². The number of nitro groups is 1. The van der Waals surface area contributed by atoms with Crippen LogP contribution in [0.4, 0.5) is 5.69 Å². The minimum absolute atomic E-state index is 0.0233. The maximum atomic E-state index is 12.7. The number of hydrazone groups is 1. The number of amides is 1. The summed E-state index contributed by atoms with van der Waals surface area (Å²) >= 11 is 0. The number of carbonyl (C=O) groups is 1. The molecular weight excluding hydrogens is 428 g/mol. The zero-order valence-corrected chi connectivity index (χ0v) is 18.2. The van der Waals surface area contributed by atoms with E-state index in [0.717, 1.165) is 4.31 Å². The Morgan fingerprint density at radius 3 is 2.42 bits per heavy atom. The minimum Gasteiger partial charge on any atom is -0.496 e. The Labute approximate surface area is 179 Å². The van der Waals surface area contributed by atoms with Crippen molar-refractivity contribution in [2.75, 3.05) is 27.8 Å². The molecular formula is C19H22N4O7S. The molecule has 0 aliphatic rings. The smallest absolute Gasteiger partial charge is 0.311 e. The van der Waals surface area contributed by atoms with Gasteiger partial charge in [-0.3, -0.25) is 14.9 Å². The fourth-order valence-corrected chi connectivity index (χ4v) is 3.84. The first-order valence-corrected chi connectivity index (χ1v) is 10.3. The molecule has 0 radical (unpaired) electrons. The van der Waals surface area contributed by atoms with Gasteiger partial charge in [-0.15, -0.1) is 0 Å². The lowest BCUT2D eigenvalue weighted by Crippen LogP contribution is -2.36. The Hall–Kier alpha value is -3.51. The maximum absolute atomic E-state index is 12.7. The van der Waals surface area contributed by atoms with Gasteiger partial charge >= 0.3 is 5.69 Å². The first-order valence-electron chi connectivity index (χ1n) is 8.85. The number of aryl methyl sites for hydroxylation is 1. The molecule has 0 aliphatic heterocycles. The molecule has 0 saturated heterocycles. The average molecular weight is 450 g/mol. The highest BCUT2D eigenvalue weighted by Crippen LogP contribution is 2.27. The van der Waals surface area contributed by atoms with Crippen LogP contribution in [0.3, 0.4) is 0 Å². The third-order valence-electron chi connectivity index (χ3n) is 4.24. The quantitative estimate of drug-likeness (QED) is 0.348. The summed E-state index contributed by atoms with van der Waals surface area (Å²) in [6, 6.07) is 8.54. The molecule has 1 N–H and O–H groups in total. The highest BCUT2D eigenvalue weighted by molar-refractivity contribution is 7.89. The van der Waals surface area contributed by atoms with Crippen LogP contribution in [0.5, 0.6) is 11.5 Å². The second-order valence-corrected chi connectivity index (χ2v) is 8.42. The van der Waals surface area contributed by atoms with E-state index in [9.17, 15) is 23.3 Å². The van der Waals surface area contributed by atoms with Gasteiger partial charge in [-0.1, -0.05) is 0 Å². The molecule has 0 heterocycles. The van der Waals surface area contributed by atoms with Crippen molar-refractivity contribution in [1.82, 2.24) is 9.73 Å². The van der Waals surface area contributed by atoms with E-state index in [1.54, 1.807) is 6.92 Å². The summed E-state index contributed by atoms with van der Waals surface area (Å²) in [5, 5.41) is 14.8. The van der Waals surface area contributed by atoms with Crippen molar-refractivity contribution >= 4 is 27.8 Å². The number of likely N-dealkylation sites (N-methyl/N-ethyl adjacent to an activating group) is 1. The molecule has 12 heteroatoms. The van der Waals surface area contributed by atoms with Gasteiger partial charge in [-0.25, -0.2) is 13.8 Å². The number of hydrogen-bond donors (Lipinski definition) is 1. The van der Waals surface area contributed by atoms with Gasteiger partial charge in [0.2, 0.25) is 10.0 Å². The lowest BCUT2D eigenvalue weighted by Gasteiger charge is -2.17. The number of carbonyl (C=O) groups excluding carboxylic acids is 1. The zero-order valence-electron chi connectivity index (χ0n) is 17.4. The molecule has 0 spiro atoms. The van der Waals surface area contributed by atoms with Gasteiger partial charge in [0.05, 0.1) is 36.8 Å². The molecule has 0 unspecified atom stereocenters. The summed E-state index contributed by atoms with van der Waals surface area (Å²) in [7, 11) is 0.161. The van der Waals surface area contributed by atoms with Gasteiger partial charge in [-0.2, -0.15) is 9.41 Å². The summed E-state index contributed by atoms with van der Waals surface area (Å²) in [4.78, 5) is 22.6. The fourth-order valence-electron chi connectivity index (χ4n) is 2.62. The van der Waals surface area contributed by atoms with Crippen LogP contribution in [0.1, 0.15) is 11.1 Å². The largest absolute Gasteiger partial charge is 0.496 e. The third-order valence-corrected chi connectivity index (χ3v) is 6.04. The summed E-state index contributed by atoms with van der Waals surface area (Å²) in [6.07, 6.45) is 1.20. The molecule has 0 aromatic heterocycles. The number of rotatable bonds is 9. The van der Waals surface area contributed by atoms with Gasteiger partial charge in [0.25, 0.3) is 5.91 Å². The topological polar surface area (TPSA) is 140 Å². The molecule has 31 heavy (non-hydrogen) atoms. The predicted octanol–water partition coefficient (Wildman–Crippen LogP) is 1.69. The van der Waals surface area contributed by atoms with E-state index in [4.69, 9.17) is 9.47 Å². The number of sulfonamides is 1. The minimum atomic E-state index is -3.91. The average Bonchev–Trinajstić information content (AvgIpc) is 2.73. The number of nitrogens with zero attached hydrogens (tertiary/aromatic N) is 3. The fraction of sp³-hybridized carbons (Fsp3) is 0.263. The molecule has 0 aliphatic carbocycles. The SMILES string of the molecule is COc1ccc(S(=O)(=O)N(C)CC(=O)NN=Cc2ccc(OC)c([N+](=O)[O-])c2)cc1C. The molecule has 0 fully saturated rings. The van der Waals surface area contributed by atoms with Crippen molar-refractivity contribution in [3.63, 3.8) is 0 Å². The first kappa shape index (κ1) is 23.8. The van der Waals surface area contributed by atoms with Gasteiger partial charge < -0.3 is 9.47 Å². The highest BCUT2D eigenvalue weighted by atomic mass is 32.2. The Morgan fingerprint density at radius 1 is 1.19 bits per heavy atom. The number of nitrogens with one attached hydrogen (secondary N) is 1. The van der Waals surface area contributed by atoms with Crippen LogP contribution in [0.2, 0.25) is 0 Å². The van der Waals surface area contributed by atoms with E-state index < -0.39 is 27.4 Å². The molecule has 0 atom stereocenters. The van der Waals surface area contributed by atoms with Crippen molar-refractivity contribution < 1.29 is 27.6 Å². The number of methoxy groups -OCH3 is 2.